The molecule has 0 saturated carbocycles. The molecule has 4 rings (SSSR count). The molecule has 1 N–H and O–H groups in total. The third kappa shape index (κ3) is 5.86. The second-order valence-corrected chi connectivity index (χ2v) is 11.3. The van der Waals surface area contributed by atoms with Crippen molar-refractivity contribution < 1.29 is 18.0 Å². The third-order valence-corrected chi connectivity index (χ3v) is 8.07. The third-order valence-electron chi connectivity index (χ3n) is 6.24. The quantitative estimate of drug-likeness (QED) is 0.455. The SMILES string of the molecule is CC1CC(C)CN(S(=O)(=O)c2cccc(C(=O)CNc3cccc(C(=O)c4ccccc4)c3)c2)C1. The van der Waals surface area contributed by atoms with E-state index in [1.807, 2.05) is 18.2 Å². The van der Waals surface area contributed by atoms with E-state index in [2.05, 4.69) is 19.2 Å². The van der Waals surface area contributed by atoms with E-state index < -0.39 is 10.0 Å². The number of carbonyl (C=O) groups excluding carboxylic acids is 2. The molecule has 3 aromatic rings. The Morgan fingerprint density at radius 3 is 2.17 bits per heavy atom. The van der Waals surface area contributed by atoms with Gasteiger partial charge >= 0.3 is 0 Å². The Bertz CT molecular complexity index is 1310. The van der Waals surface area contributed by atoms with Crippen LogP contribution >= 0.6 is 0 Å². The molecule has 1 aliphatic rings. The molecule has 3 aromatic carbocycles. The van der Waals surface area contributed by atoms with Crippen molar-refractivity contribution in [2.45, 2.75) is 25.2 Å². The summed E-state index contributed by atoms with van der Waals surface area (Å²) in [5.41, 5.74) is 2.08. The molecule has 0 spiro atoms. The van der Waals surface area contributed by atoms with E-state index in [-0.39, 0.29) is 23.0 Å². The summed E-state index contributed by atoms with van der Waals surface area (Å²) in [6, 6.07) is 22.2. The minimum absolute atomic E-state index is 0.0235. The molecular formula is C28H30N2O4S. The molecular weight excluding hydrogens is 460 g/mol. The number of anilines is 1. The number of hydrogen-bond donors (Lipinski definition) is 1. The summed E-state index contributed by atoms with van der Waals surface area (Å²) in [4.78, 5) is 25.7. The van der Waals surface area contributed by atoms with Gasteiger partial charge in [0.2, 0.25) is 10.0 Å². The molecule has 0 amide bonds. The molecule has 6 nitrogen and oxygen atoms in total. The first-order valence-electron chi connectivity index (χ1n) is 11.8. The van der Waals surface area contributed by atoms with E-state index in [0.29, 0.717) is 47.3 Å². The number of piperidine rings is 1. The number of carbonyl (C=O) groups is 2. The van der Waals surface area contributed by atoms with Gasteiger partial charge in [0.25, 0.3) is 0 Å². The molecule has 182 valence electrons. The highest BCUT2D eigenvalue weighted by atomic mass is 32.2. The summed E-state index contributed by atoms with van der Waals surface area (Å²) in [6.07, 6.45) is 1.01. The molecule has 1 heterocycles. The molecule has 1 saturated heterocycles. The van der Waals surface area contributed by atoms with Gasteiger partial charge in [0.15, 0.2) is 11.6 Å². The second kappa shape index (κ2) is 10.5. The zero-order chi connectivity index (χ0) is 25.0. The van der Waals surface area contributed by atoms with Gasteiger partial charge in [0.1, 0.15) is 0 Å². The lowest BCUT2D eigenvalue weighted by atomic mass is 9.94. The van der Waals surface area contributed by atoms with Crippen LogP contribution in [0.4, 0.5) is 5.69 Å². The van der Waals surface area contributed by atoms with Crippen LogP contribution in [-0.4, -0.2) is 43.9 Å². The van der Waals surface area contributed by atoms with Gasteiger partial charge in [-0.25, -0.2) is 8.42 Å². The number of ketones is 2. The van der Waals surface area contributed by atoms with Crippen molar-refractivity contribution in [3.8, 4) is 0 Å². The second-order valence-electron chi connectivity index (χ2n) is 9.35. The number of nitrogens with one attached hydrogen (secondary N) is 1. The molecule has 0 radical (unpaired) electrons. The Kier molecular flexibility index (Phi) is 7.48. The highest BCUT2D eigenvalue weighted by Gasteiger charge is 2.32. The van der Waals surface area contributed by atoms with Gasteiger partial charge in [-0.2, -0.15) is 4.31 Å². The van der Waals surface area contributed by atoms with Crippen molar-refractivity contribution in [3.05, 3.63) is 95.6 Å². The van der Waals surface area contributed by atoms with E-state index in [1.54, 1.807) is 54.6 Å². The van der Waals surface area contributed by atoms with Crippen LogP contribution in [0.3, 0.4) is 0 Å². The zero-order valence-corrected chi connectivity index (χ0v) is 20.8. The number of rotatable bonds is 8. The summed E-state index contributed by atoms with van der Waals surface area (Å²) < 4.78 is 28.0. The van der Waals surface area contributed by atoms with Crippen LogP contribution in [0, 0.1) is 11.8 Å². The minimum Gasteiger partial charge on any atom is -0.378 e. The van der Waals surface area contributed by atoms with Gasteiger partial charge in [-0.15, -0.1) is 0 Å². The number of nitrogens with zero attached hydrogens (tertiary/aromatic N) is 1. The molecule has 1 fully saturated rings. The Hall–Kier alpha value is -3.29. The van der Waals surface area contributed by atoms with Gasteiger partial charge < -0.3 is 5.32 Å². The molecule has 2 atom stereocenters. The first-order chi connectivity index (χ1) is 16.7. The number of Topliss-reactive ketones (excluding diaryl/α,β-unsaturated/α-hetero) is 1. The van der Waals surface area contributed by atoms with E-state index in [0.717, 1.165) is 6.42 Å². The van der Waals surface area contributed by atoms with Crippen molar-refractivity contribution in [1.29, 1.82) is 0 Å². The maximum absolute atomic E-state index is 13.2. The minimum atomic E-state index is -3.67. The molecule has 35 heavy (non-hydrogen) atoms. The zero-order valence-electron chi connectivity index (χ0n) is 20.0. The van der Waals surface area contributed by atoms with Crippen LogP contribution in [0.5, 0.6) is 0 Å². The largest absolute Gasteiger partial charge is 0.378 e. The van der Waals surface area contributed by atoms with E-state index in [9.17, 15) is 18.0 Å². The van der Waals surface area contributed by atoms with E-state index >= 15 is 0 Å². The summed E-state index contributed by atoms with van der Waals surface area (Å²) in [6.45, 7) is 5.08. The molecule has 0 aliphatic carbocycles. The summed E-state index contributed by atoms with van der Waals surface area (Å²) in [5.74, 6) is 0.265. The van der Waals surface area contributed by atoms with Crippen LogP contribution in [-0.2, 0) is 10.0 Å². The van der Waals surface area contributed by atoms with E-state index in [1.165, 1.54) is 10.4 Å². The lowest BCUT2D eigenvalue weighted by Crippen LogP contribution is -2.42. The molecule has 1 aliphatic heterocycles. The Morgan fingerprint density at radius 2 is 1.46 bits per heavy atom. The van der Waals surface area contributed by atoms with Crippen molar-refractivity contribution >= 4 is 27.3 Å². The lowest BCUT2D eigenvalue weighted by Gasteiger charge is -2.34. The highest BCUT2D eigenvalue weighted by molar-refractivity contribution is 7.89. The Labute approximate surface area is 207 Å². The summed E-state index contributed by atoms with van der Waals surface area (Å²) in [7, 11) is -3.67. The van der Waals surface area contributed by atoms with Crippen molar-refractivity contribution in [1.82, 2.24) is 4.31 Å². The maximum atomic E-state index is 13.2. The topological polar surface area (TPSA) is 83.6 Å². The van der Waals surface area contributed by atoms with Crippen molar-refractivity contribution in [3.63, 3.8) is 0 Å². The van der Waals surface area contributed by atoms with Gasteiger partial charge in [-0.05, 0) is 42.5 Å². The predicted octanol–water partition coefficient (Wildman–Crippen LogP) is 4.88. The molecule has 0 bridgehead atoms. The first kappa shape index (κ1) is 24.8. The van der Waals surface area contributed by atoms with Crippen LogP contribution in [0.25, 0.3) is 0 Å². The van der Waals surface area contributed by atoms with Gasteiger partial charge in [-0.3, -0.25) is 9.59 Å². The average Bonchev–Trinajstić information content (AvgIpc) is 2.87. The summed E-state index contributed by atoms with van der Waals surface area (Å²) >= 11 is 0. The first-order valence-corrected chi connectivity index (χ1v) is 13.2. The van der Waals surface area contributed by atoms with Crippen LogP contribution < -0.4 is 5.32 Å². The summed E-state index contributed by atoms with van der Waals surface area (Å²) in [5, 5.41) is 3.06. The van der Waals surface area contributed by atoms with Crippen LogP contribution in [0.1, 0.15) is 46.5 Å². The van der Waals surface area contributed by atoms with E-state index in [4.69, 9.17) is 0 Å². The average molecular weight is 491 g/mol. The number of sulfonamides is 1. The van der Waals surface area contributed by atoms with Crippen LogP contribution in [0.2, 0.25) is 0 Å². The maximum Gasteiger partial charge on any atom is 0.243 e. The molecule has 2 unspecified atom stereocenters. The molecule has 0 aromatic heterocycles. The Balaban J connectivity index is 1.45. The fourth-order valence-corrected chi connectivity index (χ4v) is 6.32. The van der Waals surface area contributed by atoms with Gasteiger partial charge in [0.05, 0.1) is 11.4 Å². The van der Waals surface area contributed by atoms with Crippen LogP contribution in [0.15, 0.2) is 83.8 Å². The lowest BCUT2D eigenvalue weighted by molar-refractivity contribution is 0.100. The standard InChI is InChI=1S/C28H30N2O4S/c1-20-14-21(2)19-30(18-20)35(33,34)26-13-7-10-23(16-26)27(31)17-29-25-12-6-11-24(15-25)28(32)22-8-4-3-5-9-22/h3-13,15-16,20-21,29H,14,17-19H2,1-2H3. The smallest absolute Gasteiger partial charge is 0.243 e. The Morgan fingerprint density at radius 1 is 0.829 bits per heavy atom. The predicted molar refractivity (Wildman–Crippen MR) is 137 cm³/mol. The fourth-order valence-electron chi connectivity index (χ4n) is 4.59. The highest BCUT2D eigenvalue weighted by Crippen LogP contribution is 2.27. The van der Waals surface area contributed by atoms with Gasteiger partial charge in [0, 0.05) is 35.5 Å². The normalized spacial score (nSPS) is 18.7. The van der Waals surface area contributed by atoms with Crippen molar-refractivity contribution in [2.75, 3.05) is 25.0 Å². The van der Waals surface area contributed by atoms with Gasteiger partial charge in [-0.1, -0.05) is 68.4 Å². The van der Waals surface area contributed by atoms with Crippen molar-refractivity contribution in [2.24, 2.45) is 11.8 Å². The number of hydrogen-bond acceptors (Lipinski definition) is 5. The monoisotopic (exact) mass is 490 g/mol. The molecule has 7 heteroatoms. The number of benzene rings is 3. The fraction of sp³-hybridized carbons (Fsp3) is 0.286.